The fourth-order valence-electron chi connectivity index (χ4n) is 3.12. The smallest absolute Gasteiger partial charge is 0.255 e. The van der Waals surface area contributed by atoms with E-state index in [4.69, 9.17) is 4.74 Å². The highest BCUT2D eigenvalue weighted by molar-refractivity contribution is 5.93. The molecule has 3 rings (SSSR count). The summed E-state index contributed by atoms with van der Waals surface area (Å²) in [6, 6.07) is 9.89. The zero-order chi connectivity index (χ0) is 16.1. The Balaban J connectivity index is 1.57. The van der Waals surface area contributed by atoms with Crippen molar-refractivity contribution >= 4 is 5.91 Å². The van der Waals surface area contributed by atoms with Crippen molar-refractivity contribution in [1.29, 1.82) is 0 Å². The van der Waals surface area contributed by atoms with E-state index in [-0.39, 0.29) is 5.91 Å². The van der Waals surface area contributed by atoms with Gasteiger partial charge in [-0.15, -0.1) is 0 Å². The third kappa shape index (κ3) is 3.67. The first-order chi connectivity index (χ1) is 11.3. The second kappa shape index (κ2) is 7.22. The highest BCUT2D eigenvalue weighted by atomic mass is 16.5. The topological polar surface area (TPSA) is 55.3 Å². The molecule has 1 saturated heterocycles. The van der Waals surface area contributed by atoms with E-state index < -0.39 is 0 Å². The number of likely N-dealkylation sites (tertiary alicyclic amines) is 1. The highest BCUT2D eigenvalue weighted by Crippen LogP contribution is 2.27. The second-order valence-electron chi connectivity index (χ2n) is 5.88. The van der Waals surface area contributed by atoms with Crippen molar-refractivity contribution in [2.75, 3.05) is 20.2 Å². The van der Waals surface area contributed by atoms with Crippen LogP contribution in [0.2, 0.25) is 0 Å². The molecule has 1 aliphatic rings. The zero-order valence-corrected chi connectivity index (χ0v) is 13.3. The molecule has 5 heteroatoms. The Kier molecular flexibility index (Phi) is 4.86. The van der Waals surface area contributed by atoms with Crippen LogP contribution in [0.4, 0.5) is 0 Å². The predicted molar refractivity (Wildman–Crippen MR) is 87.4 cm³/mol. The molecule has 0 N–H and O–H groups in total. The van der Waals surface area contributed by atoms with Gasteiger partial charge in [0, 0.05) is 13.1 Å². The van der Waals surface area contributed by atoms with Crippen molar-refractivity contribution in [3.05, 3.63) is 53.9 Å². The number of para-hydroxylation sites is 1. The first kappa shape index (κ1) is 15.5. The summed E-state index contributed by atoms with van der Waals surface area (Å²) in [4.78, 5) is 14.3. The van der Waals surface area contributed by atoms with Gasteiger partial charge in [-0.3, -0.25) is 4.79 Å². The summed E-state index contributed by atoms with van der Waals surface area (Å²) >= 11 is 0. The summed E-state index contributed by atoms with van der Waals surface area (Å²) in [5.41, 5.74) is 1.86. The van der Waals surface area contributed by atoms with Crippen molar-refractivity contribution in [1.82, 2.24) is 15.1 Å². The summed E-state index contributed by atoms with van der Waals surface area (Å²) in [6.45, 7) is 1.59. The number of amides is 1. The van der Waals surface area contributed by atoms with E-state index in [1.54, 1.807) is 19.4 Å². The molecule has 0 aliphatic carbocycles. The quantitative estimate of drug-likeness (QED) is 0.871. The minimum atomic E-state index is 0.0515. The Bertz CT molecular complexity index is 652. The normalized spacial score (nSPS) is 15.4. The van der Waals surface area contributed by atoms with Crippen molar-refractivity contribution in [3.63, 3.8) is 0 Å². The predicted octanol–water partition coefficient (Wildman–Crippen LogP) is 2.58. The van der Waals surface area contributed by atoms with Crippen LogP contribution in [0.1, 0.15) is 28.8 Å². The molecule has 1 amide bonds. The molecule has 0 bridgehead atoms. The lowest BCUT2D eigenvalue weighted by Crippen LogP contribution is -2.39. The molecule has 2 heterocycles. The molecule has 0 radical (unpaired) electrons. The van der Waals surface area contributed by atoms with E-state index >= 15 is 0 Å². The van der Waals surface area contributed by atoms with E-state index in [1.807, 2.05) is 23.1 Å². The summed E-state index contributed by atoms with van der Waals surface area (Å²) in [6.07, 6.45) is 6.12. The summed E-state index contributed by atoms with van der Waals surface area (Å²) in [7, 11) is 1.71. The van der Waals surface area contributed by atoms with Gasteiger partial charge in [0.15, 0.2) is 0 Å². The van der Waals surface area contributed by atoms with Gasteiger partial charge in [-0.05, 0) is 42.9 Å². The molecule has 0 saturated carbocycles. The standard InChI is InChI=1S/C18H21N3O2/c1-23-17-5-3-2-4-15(17)12-14-7-10-21(11-8-14)18(22)16-6-9-19-20-13-16/h2-6,9,13-14H,7-8,10-12H2,1H3. The number of methoxy groups -OCH3 is 1. The van der Waals surface area contributed by atoms with Crippen LogP contribution in [-0.4, -0.2) is 41.2 Å². The Labute approximate surface area is 136 Å². The summed E-state index contributed by atoms with van der Waals surface area (Å²) in [5, 5.41) is 7.49. The average molecular weight is 311 g/mol. The molecule has 2 aromatic rings. The largest absolute Gasteiger partial charge is 0.496 e. The minimum absolute atomic E-state index is 0.0515. The van der Waals surface area contributed by atoms with Gasteiger partial charge in [-0.2, -0.15) is 10.2 Å². The van der Waals surface area contributed by atoms with Crippen molar-refractivity contribution < 1.29 is 9.53 Å². The molecule has 1 aromatic heterocycles. The van der Waals surface area contributed by atoms with Crippen LogP contribution in [0.5, 0.6) is 5.75 Å². The molecule has 1 fully saturated rings. The van der Waals surface area contributed by atoms with Crippen molar-refractivity contribution in [2.45, 2.75) is 19.3 Å². The van der Waals surface area contributed by atoms with Crippen LogP contribution in [0.15, 0.2) is 42.7 Å². The number of hydrogen-bond donors (Lipinski definition) is 0. The van der Waals surface area contributed by atoms with E-state index in [9.17, 15) is 4.79 Å². The molecule has 23 heavy (non-hydrogen) atoms. The number of piperidine rings is 1. The van der Waals surface area contributed by atoms with Gasteiger partial charge >= 0.3 is 0 Å². The number of benzene rings is 1. The molecule has 0 unspecified atom stereocenters. The lowest BCUT2D eigenvalue weighted by atomic mass is 9.89. The lowest BCUT2D eigenvalue weighted by molar-refractivity contribution is 0.0689. The number of nitrogens with zero attached hydrogens (tertiary/aromatic N) is 3. The number of carbonyl (C=O) groups excluding carboxylic acids is 1. The van der Waals surface area contributed by atoms with Gasteiger partial charge in [-0.25, -0.2) is 0 Å². The van der Waals surface area contributed by atoms with Gasteiger partial charge < -0.3 is 9.64 Å². The third-order valence-electron chi connectivity index (χ3n) is 4.43. The zero-order valence-electron chi connectivity index (χ0n) is 13.3. The monoisotopic (exact) mass is 311 g/mol. The van der Waals surface area contributed by atoms with Gasteiger partial charge in [0.1, 0.15) is 5.75 Å². The number of ether oxygens (including phenoxy) is 1. The molecular weight excluding hydrogens is 290 g/mol. The van der Waals surface area contributed by atoms with E-state index in [1.165, 1.54) is 11.8 Å². The van der Waals surface area contributed by atoms with Crippen LogP contribution < -0.4 is 4.74 Å². The second-order valence-corrected chi connectivity index (χ2v) is 5.88. The van der Waals surface area contributed by atoms with Crippen molar-refractivity contribution in [2.24, 2.45) is 5.92 Å². The molecule has 0 atom stereocenters. The van der Waals surface area contributed by atoms with Gasteiger partial charge in [0.25, 0.3) is 5.91 Å². The maximum atomic E-state index is 12.4. The molecular formula is C18H21N3O2. The lowest BCUT2D eigenvalue weighted by Gasteiger charge is -2.32. The molecule has 0 spiro atoms. The highest BCUT2D eigenvalue weighted by Gasteiger charge is 2.24. The Morgan fingerprint density at radius 1 is 1.22 bits per heavy atom. The maximum Gasteiger partial charge on any atom is 0.255 e. The Morgan fingerprint density at radius 3 is 2.70 bits per heavy atom. The third-order valence-corrected chi connectivity index (χ3v) is 4.43. The van der Waals surface area contributed by atoms with E-state index in [0.29, 0.717) is 11.5 Å². The number of hydrogen-bond acceptors (Lipinski definition) is 4. The first-order valence-electron chi connectivity index (χ1n) is 7.96. The van der Waals surface area contributed by atoms with E-state index in [2.05, 4.69) is 16.3 Å². The molecule has 1 aromatic carbocycles. The first-order valence-corrected chi connectivity index (χ1v) is 7.96. The Morgan fingerprint density at radius 2 is 2.00 bits per heavy atom. The fourth-order valence-corrected chi connectivity index (χ4v) is 3.12. The fraction of sp³-hybridized carbons (Fsp3) is 0.389. The maximum absolute atomic E-state index is 12.4. The Hall–Kier alpha value is -2.43. The average Bonchev–Trinajstić information content (AvgIpc) is 2.63. The minimum Gasteiger partial charge on any atom is -0.496 e. The van der Waals surface area contributed by atoms with Crippen LogP contribution in [0, 0.1) is 5.92 Å². The number of rotatable bonds is 4. The van der Waals surface area contributed by atoms with Crippen LogP contribution in [-0.2, 0) is 6.42 Å². The van der Waals surface area contributed by atoms with Gasteiger partial charge in [0.2, 0.25) is 0 Å². The summed E-state index contributed by atoms with van der Waals surface area (Å²) in [5.74, 6) is 1.59. The molecule has 5 nitrogen and oxygen atoms in total. The van der Waals surface area contributed by atoms with Crippen LogP contribution in [0.3, 0.4) is 0 Å². The van der Waals surface area contributed by atoms with E-state index in [0.717, 1.165) is 38.1 Å². The van der Waals surface area contributed by atoms with Crippen LogP contribution in [0.25, 0.3) is 0 Å². The van der Waals surface area contributed by atoms with Crippen LogP contribution >= 0.6 is 0 Å². The molecule has 120 valence electrons. The molecule has 1 aliphatic heterocycles. The van der Waals surface area contributed by atoms with Gasteiger partial charge in [-0.1, -0.05) is 18.2 Å². The summed E-state index contributed by atoms with van der Waals surface area (Å²) < 4.78 is 5.43. The number of carbonyl (C=O) groups is 1. The number of aromatic nitrogens is 2. The SMILES string of the molecule is COc1ccccc1CC1CCN(C(=O)c2ccnnc2)CC1. The van der Waals surface area contributed by atoms with Crippen molar-refractivity contribution in [3.8, 4) is 5.75 Å². The van der Waals surface area contributed by atoms with Gasteiger partial charge in [0.05, 0.1) is 25.1 Å².